The van der Waals surface area contributed by atoms with Crippen LogP contribution in [0.25, 0.3) is 6.08 Å². The first-order chi connectivity index (χ1) is 14.1. The number of ether oxygens (including phenoxy) is 2. The van der Waals surface area contributed by atoms with E-state index in [9.17, 15) is 0 Å². The second kappa shape index (κ2) is 11.0. The van der Waals surface area contributed by atoms with Gasteiger partial charge in [-0.25, -0.2) is 9.98 Å². The lowest BCUT2D eigenvalue weighted by Crippen LogP contribution is -2.19. The topological polar surface area (TPSA) is 43.7 Å². The molecule has 1 aliphatic heterocycles. The van der Waals surface area contributed by atoms with Crippen molar-refractivity contribution in [1.82, 2.24) is 4.98 Å². The second-order valence-corrected chi connectivity index (χ2v) is 8.55. The van der Waals surface area contributed by atoms with Crippen molar-refractivity contribution < 1.29 is 9.47 Å². The second-order valence-electron chi connectivity index (χ2n) is 6.92. The van der Waals surface area contributed by atoms with Gasteiger partial charge < -0.3 is 9.47 Å². The maximum absolute atomic E-state index is 6.17. The number of aryl methyl sites for hydroxylation is 1. The Morgan fingerprint density at radius 2 is 1.97 bits per heavy atom. The molecule has 0 radical (unpaired) electrons. The summed E-state index contributed by atoms with van der Waals surface area (Å²) in [6.45, 7) is 2.71. The van der Waals surface area contributed by atoms with Gasteiger partial charge in [-0.1, -0.05) is 31.5 Å². The Morgan fingerprint density at radius 1 is 1.17 bits per heavy atom. The number of nitrogens with zero attached hydrogens (tertiary/aromatic N) is 2. The van der Waals surface area contributed by atoms with Crippen molar-refractivity contribution in [2.45, 2.75) is 43.2 Å². The van der Waals surface area contributed by atoms with E-state index in [2.05, 4.69) is 70.5 Å². The number of thioether (sulfide) groups is 1. The van der Waals surface area contributed by atoms with Gasteiger partial charge >= 0.3 is 0 Å². The molecule has 4 nitrogen and oxygen atoms in total. The van der Waals surface area contributed by atoms with Gasteiger partial charge in [0.25, 0.3) is 0 Å². The van der Waals surface area contributed by atoms with Crippen molar-refractivity contribution in [2.75, 3.05) is 20.0 Å². The Bertz CT molecular complexity index is 868. The highest BCUT2D eigenvalue weighted by molar-refractivity contribution is 9.10. The number of hydrogen-bond acceptors (Lipinski definition) is 5. The van der Waals surface area contributed by atoms with Crippen LogP contribution in [-0.2, 0) is 15.9 Å². The molecule has 3 rings (SSSR count). The molecule has 0 saturated carbocycles. The number of aromatic nitrogens is 1. The number of halogens is 1. The van der Waals surface area contributed by atoms with Crippen LogP contribution < -0.4 is 0 Å². The standard InChI is InChI=1S/C23H27BrN2O2S/c1-4-5-6-18-11-7-17(23(24)25-18)10-14-21-26-20(15-27-2)22(28-21)16-8-12-19(29-3)13-9-16/h7-14,20,22H,4-6,15H2,1-3H3/b14-10+/t20-,22-/m0/s1. The van der Waals surface area contributed by atoms with Gasteiger partial charge in [-0.05, 0) is 64.9 Å². The molecule has 154 valence electrons. The van der Waals surface area contributed by atoms with Crippen molar-refractivity contribution in [3.8, 4) is 0 Å². The molecule has 2 aromatic rings. The first kappa shape index (κ1) is 22.1. The number of methoxy groups -OCH3 is 1. The zero-order chi connectivity index (χ0) is 20.6. The lowest BCUT2D eigenvalue weighted by molar-refractivity contribution is 0.120. The van der Waals surface area contributed by atoms with Crippen LogP contribution in [0, 0.1) is 0 Å². The van der Waals surface area contributed by atoms with Crippen LogP contribution >= 0.6 is 27.7 Å². The maximum atomic E-state index is 6.17. The minimum absolute atomic E-state index is 0.0576. The molecule has 0 fully saturated rings. The van der Waals surface area contributed by atoms with E-state index in [0.29, 0.717) is 12.5 Å². The smallest absolute Gasteiger partial charge is 0.209 e. The van der Waals surface area contributed by atoms with Gasteiger partial charge in [-0.15, -0.1) is 11.8 Å². The predicted molar refractivity (Wildman–Crippen MR) is 125 cm³/mol. The third-order valence-electron chi connectivity index (χ3n) is 4.80. The fourth-order valence-corrected chi connectivity index (χ4v) is 4.10. The minimum Gasteiger partial charge on any atom is -0.467 e. The quantitative estimate of drug-likeness (QED) is 0.324. The van der Waals surface area contributed by atoms with Gasteiger partial charge in [-0.2, -0.15) is 0 Å². The third-order valence-corrected chi connectivity index (χ3v) is 6.18. The molecule has 2 atom stereocenters. The summed E-state index contributed by atoms with van der Waals surface area (Å²) in [5.74, 6) is 0.618. The molecule has 0 bridgehead atoms. The first-order valence-electron chi connectivity index (χ1n) is 9.85. The number of aliphatic imine (C=N–C) groups is 1. The Kier molecular flexibility index (Phi) is 8.33. The van der Waals surface area contributed by atoms with E-state index >= 15 is 0 Å². The molecular weight excluding hydrogens is 448 g/mol. The first-order valence-corrected chi connectivity index (χ1v) is 11.9. The van der Waals surface area contributed by atoms with Gasteiger partial charge in [-0.3, -0.25) is 0 Å². The van der Waals surface area contributed by atoms with Crippen molar-refractivity contribution in [2.24, 2.45) is 4.99 Å². The molecule has 0 aliphatic carbocycles. The molecule has 29 heavy (non-hydrogen) atoms. The summed E-state index contributed by atoms with van der Waals surface area (Å²) in [6, 6.07) is 12.6. The molecule has 0 amide bonds. The van der Waals surface area contributed by atoms with Gasteiger partial charge in [0.1, 0.15) is 10.6 Å². The molecule has 0 unspecified atom stereocenters. The highest BCUT2D eigenvalue weighted by atomic mass is 79.9. The Balaban J connectivity index is 1.72. The molecule has 0 saturated heterocycles. The van der Waals surface area contributed by atoms with E-state index in [-0.39, 0.29) is 12.1 Å². The largest absolute Gasteiger partial charge is 0.467 e. The third kappa shape index (κ3) is 5.93. The molecular formula is C23H27BrN2O2S. The van der Waals surface area contributed by atoms with Crippen LogP contribution in [-0.4, -0.2) is 36.9 Å². The SMILES string of the molecule is CCCCc1ccc(/C=C/C2=N[C@@H](COC)[C@H](c3ccc(SC)cc3)O2)c(Br)n1. The molecule has 0 spiro atoms. The Morgan fingerprint density at radius 3 is 2.62 bits per heavy atom. The van der Waals surface area contributed by atoms with Crippen molar-refractivity contribution in [3.05, 3.63) is 63.9 Å². The lowest BCUT2D eigenvalue weighted by Gasteiger charge is -2.17. The van der Waals surface area contributed by atoms with Crippen LogP contribution in [0.3, 0.4) is 0 Å². The van der Waals surface area contributed by atoms with Crippen molar-refractivity contribution >= 4 is 39.7 Å². The summed E-state index contributed by atoms with van der Waals surface area (Å²) >= 11 is 5.31. The Labute approximate surface area is 186 Å². The summed E-state index contributed by atoms with van der Waals surface area (Å²) in [4.78, 5) is 10.6. The van der Waals surface area contributed by atoms with Crippen LogP contribution in [0.4, 0.5) is 0 Å². The normalized spacial score (nSPS) is 18.8. The van der Waals surface area contributed by atoms with Crippen LogP contribution in [0.2, 0.25) is 0 Å². The van der Waals surface area contributed by atoms with Crippen LogP contribution in [0.1, 0.15) is 42.7 Å². The fourth-order valence-electron chi connectivity index (χ4n) is 3.20. The number of benzene rings is 1. The molecule has 2 heterocycles. The number of unbranched alkanes of at least 4 members (excludes halogenated alkanes) is 1. The fraction of sp³-hybridized carbons (Fsp3) is 0.391. The van der Waals surface area contributed by atoms with E-state index in [4.69, 9.17) is 14.5 Å². The van der Waals surface area contributed by atoms with Crippen molar-refractivity contribution in [1.29, 1.82) is 0 Å². The molecule has 1 aliphatic rings. The van der Waals surface area contributed by atoms with E-state index in [1.165, 1.54) is 11.3 Å². The van der Waals surface area contributed by atoms with Gasteiger partial charge in [0.05, 0.1) is 6.61 Å². The highest BCUT2D eigenvalue weighted by Gasteiger charge is 2.31. The average molecular weight is 475 g/mol. The van der Waals surface area contributed by atoms with Gasteiger partial charge in [0.2, 0.25) is 5.90 Å². The zero-order valence-electron chi connectivity index (χ0n) is 17.1. The van der Waals surface area contributed by atoms with Gasteiger partial charge in [0, 0.05) is 29.3 Å². The summed E-state index contributed by atoms with van der Waals surface area (Å²) in [7, 11) is 1.69. The predicted octanol–water partition coefficient (Wildman–Crippen LogP) is 6.11. The van der Waals surface area contributed by atoms with E-state index in [0.717, 1.165) is 34.3 Å². The van der Waals surface area contributed by atoms with E-state index < -0.39 is 0 Å². The monoisotopic (exact) mass is 474 g/mol. The minimum atomic E-state index is -0.136. The summed E-state index contributed by atoms with van der Waals surface area (Å²) in [6.07, 6.45) is 9.16. The highest BCUT2D eigenvalue weighted by Crippen LogP contribution is 2.31. The average Bonchev–Trinajstić information content (AvgIpc) is 3.14. The number of pyridine rings is 1. The maximum Gasteiger partial charge on any atom is 0.209 e. The van der Waals surface area contributed by atoms with Crippen molar-refractivity contribution in [3.63, 3.8) is 0 Å². The molecule has 1 aromatic heterocycles. The molecule has 1 aromatic carbocycles. The van der Waals surface area contributed by atoms with E-state index in [1.54, 1.807) is 18.9 Å². The number of hydrogen-bond donors (Lipinski definition) is 0. The van der Waals surface area contributed by atoms with Crippen LogP contribution in [0.5, 0.6) is 0 Å². The number of rotatable bonds is 9. The molecule has 0 N–H and O–H groups in total. The molecule has 6 heteroatoms. The van der Waals surface area contributed by atoms with Gasteiger partial charge in [0.15, 0.2) is 6.10 Å². The zero-order valence-corrected chi connectivity index (χ0v) is 19.5. The Hall–Kier alpha value is -1.63. The lowest BCUT2D eigenvalue weighted by atomic mass is 10.0. The van der Waals surface area contributed by atoms with Crippen LogP contribution in [0.15, 0.2) is 57.0 Å². The summed E-state index contributed by atoms with van der Waals surface area (Å²) < 4.78 is 12.4. The van der Waals surface area contributed by atoms with E-state index in [1.807, 2.05) is 12.2 Å². The summed E-state index contributed by atoms with van der Waals surface area (Å²) in [5, 5.41) is 0. The summed E-state index contributed by atoms with van der Waals surface area (Å²) in [5.41, 5.74) is 3.23.